The number of rotatable bonds is 5. The number of nitrogens with zero attached hydrogens (tertiary/aromatic N) is 1. The Morgan fingerprint density at radius 3 is 2.38 bits per heavy atom. The monoisotopic (exact) mass is 603 g/mol. The first kappa shape index (κ1) is 25.5. The van der Waals surface area contributed by atoms with E-state index in [1.54, 1.807) is 14.1 Å². The van der Waals surface area contributed by atoms with E-state index in [0.717, 1.165) is 19.4 Å². The summed E-state index contributed by atoms with van der Waals surface area (Å²) in [6, 6.07) is 13.4. The van der Waals surface area contributed by atoms with E-state index in [0.29, 0.717) is 11.1 Å². The van der Waals surface area contributed by atoms with Crippen LogP contribution < -0.4 is 0 Å². The van der Waals surface area contributed by atoms with Crippen molar-refractivity contribution in [3.8, 4) is 0 Å². The molecule has 178 valence electrons. The minimum Gasteiger partial charge on any atom is -0.389 e. The highest BCUT2D eigenvalue weighted by Gasteiger charge is 2.75. The second-order valence-electron chi connectivity index (χ2n) is 8.89. The lowest BCUT2D eigenvalue weighted by Crippen LogP contribution is -2.48. The third-order valence-corrected chi connectivity index (χ3v) is 9.47. The van der Waals surface area contributed by atoms with Crippen molar-refractivity contribution in [2.24, 2.45) is 11.8 Å². The summed E-state index contributed by atoms with van der Waals surface area (Å²) in [5.74, 6) is -1.69. The van der Waals surface area contributed by atoms with Crippen molar-refractivity contribution in [1.29, 1.82) is 0 Å². The van der Waals surface area contributed by atoms with Gasteiger partial charge in [-0.1, -0.05) is 80.9 Å². The van der Waals surface area contributed by atoms with Crippen LogP contribution in [0.1, 0.15) is 18.1 Å². The number of thioether (sulfide) groups is 1. The Balaban J connectivity index is 2.05. The fraction of sp³-hybridized carbons (Fsp3) is 0.296. The van der Waals surface area contributed by atoms with E-state index in [1.165, 1.54) is 16.7 Å². The van der Waals surface area contributed by atoms with Crippen LogP contribution in [-0.2, 0) is 15.1 Å². The summed E-state index contributed by atoms with van der Waals surface area (Å²) in [7, 11) is 3.35. The summed E-state index contributed by atoms with van der Waals surface area (Å²) < 4.78 is 0.721. The molecule has 5 atom stereocenters. The topological polar surface area (TPSA) is 60.8 Å². The fourth-order valence-corrected chi connectivity index (χ4v) is 8.05. The van der Waals surface area contributed by atoms with Gasteiger partial charge in [-0.15, -0.1) is 11.8 Å². The lowest BCUT2D eigenvalue weighted by atomic mass is 9.73. The first-order valence-electron chi connectivity index (χ1n) is 10.9. The molecule has 34 heavy (non-hydrogen) atoms. The van der Waals surface area contributed by atoms with Crippen molar-refractivity contribution < 1.29 is 15.0 Å². The van der Waals surface area contributed by atoms with E-state index in [-0.39, 0.29) is 5.91 Å². The molecule has 2 aliphatic rings. The molecule has 0 bridgehead atoms. The van der Waals surface area contributed by atoms with Crippen LogP contribution >= 0.6 is 43.6 Å². The van der Waals surface area contributed by atoms with Crippen LogP contribution in [0.15, 0.2) is 92.8 Å². The molecule has 0 aromatic heterocycles. The number of benzene rings is 2. The minimum atomic E-state index is -1.71. The first-order valence-corrected chi connectivity index (χ1v) is 13.3. The molecule has 1 saturated carbocycles. The molecule has 0 radical (unpaired) electrons. The van der Waals surface area contributed by atoms with Crippen LogP contribution in [0.4, 0.5) is 0 Å². The maximum atomic E-state index is 13.5. The van der Waals surface area contributed by atoms with Crippen LogP contribution in [0.25, 0.3) is 0 Å². The molecule has 2 N–H and O–H groups in total. The van der Waals surface area contributed by atoms with Crippen molar-refractivity contribution in [2.45, 2.75) is 28.3 Å². The number of aliphatic hydroxyl groups is 2. The molecule has 1 amide bonds. The van der Waals surface area contributed by atoms with Crippen LogP contribution in [-0.4, -0.2) is 41.2 Å². The number of allylic oxidation sites excluding steroid dienone is 5. The SMILES string of the molecule is C=C(/C=C\C=C/C)[C@@H]1[C@@H](C(=O)N(C)C)[C@@H](O)[C@@]2(O)c3ccc(Br)cc3S[C@@]12c1ccc(Br)cc1. The Bertz CT molecular complexity index is 1190. The number of carbonyl (C=O) groups is 1. The third-order valence-electron chi connectivity index (χ3n) is 6.77. The van der Waals surface area contributed by atoms with E-state index in [4.69, 9.17) is 0 Å². The second kappa shape index (κ2) is 9.43. The van der Waals surface area contributed by atoms with Gasteiger partial charge in [0.05, 0.1) is 10.7 Å². The molecule has 1 fully saturated rings. The van der Waals surface area contributed by atoms with E-state index >= 15 is 0 Å². The first-order chi connectivity index (χ1) is 16.1. The maximum absolute atomic E-state index is 13.5. The Hall–Kier alpha value is -1.64. The third kappa shape index (κ3) is 3.68. The standard InChI is InChI=1S/C27H27Br2NO3S/c1-5-6-7-8-16(2)23-22(25(32)30(3)4)24(31)26(33)20-14-13-19(29)15-21(20)34-27(23,26)17-9-11-18(28)12-10-17/h5-15,22-24,31,33H,2H2,1,3-4H3/b6-5-,8-7-/t22-,23-,24-,26+,27+/m1/s1. The molecule has 0 saturated heterocycles. The fourth-order valence-electron chi connectivity index (χ4n) is 5.34. The molecule has 7 heteroatoms. The number of carbonyl (C=O) groups excluding carboxylic acids is 1. The number of fused-ring (bicyclic) bond motifs is 3. The van der Waals surface area contributed by atoms with Crippen LogP contribution in [0.3, 0.4) is 0 Å². The molecular formula is C27H27Br2NO3S. The molecule has 0 unspecified atom stereocenters. The van der Waals surface area contributed by atoms with Gasteiger partial charge < -0.3 is 15.1 Å². The predicted octanol–water partition coefficient (Wildman–Crippen LogP) is 5.78. The Morgan fingerprint density at radius 2 is 1.76 bits per heavy atom. The Kier molecular flexibility index (Phi) is 7.06. The maximum Gasteiger partial charge on any atom is 0.228 e. The molecule has 1 heterocycles. The summed E-state index contributed by atoms with van der Waals surface area (Å²) in [5.41, 5.74) is 0.421. The zero-order chi connectivity index (χ0) is 24.8. The Morgan fingerprint density at radius 1 is 1.12 bits per heavy atom. The lowest BCUT2D eigenvalue weighted by molar-refractivity contribution is -0.142. The number of aliphatic hydroxyl groups excluding tert-OH is 1. The highest BCUT2D eigenvalue weighted by molar-refractivity contribution is 9.10. The van der Waals surface area contributed by atoms with Crippen molar-refractivity contribution in [2.75, 3.05) is 14.1 Å². The summed E-state index contributed by atoms with van der Waals surface area (Å²) in [5, 5.41) is 24.4. The van der Waals surface area contributed by atoms with Gasteiger partial charge in [-0.3, -0.25) is 4.79 Å². The molecule has 1 aliphatic heterocycles. The number of halogens is 2. The van der Waals surface area contributed by atoms with Gasteiger partial charge in [0, 0.05) is 39.4 Å². The molecule has 4 rings (SSSR count). The molecule has 2 aromatic rings. The van der Waals surface area contributed by atoms with Crippen LogP contribution in [0, 0.1) is 11.8 Å². The van der Waals surface area contributed by atoms with Crippen molar-refractivity contribution in [1.82, 2.24) is 4.90 Å². The van der Waals surface area contributed by atoms with Gasteiger partial charge in [-0.05, 0) is 42.3 Å². The minimum absolute atomic E-state index is 0.239. The lowest BCUT2D eigenvalue weighted by Gasteiger charge is -2.41. The zero-order valence-corrected chi connectivity index (χ0v) is 23.2. The largest absolute Gasteiger partial charge is 0.389 e. The van der Waals surface area contributed by atoms with Gasteiger partial charge >= 0.3 is 0 Å². The Labute approximate surface area is 221 Å². The highest BCUT2D eigenvalue weighted by atomic mass is 79.9. The van der Waals surface area contributed by atoms with Crippen LogP contribution in [0.2, 0.25) is 0 Å². The van der Waals surface area contributed by atoms with Crippen LogP contribution in [0.5, 0.6) is 0 Å². The molecular weight excluding hydrogens is 578 g/mol. The highest BCUT2D eigenvalue weighted by Crippen LogP contribution is 2.73. The van der Waals surface area contributed by atoms with Gasteiger partial charge in [-0.25, -0.2) is 0 Å². The summed E-state index contributed by atoms with van der Waals surface area (Å²) >= 11 is 8.55. The molecule has 1 aliphatic carbocycles. The normalized spacial score (nSPS) is 30.0. The van der Waals surface area contributed by atoms with E-state index in [9.17, 15) is 15.0 Å². The number of amides is 1. The van der Waals surface area contributed by atoms with Gasteiger partial charge in [0.15, 0.2) is 0 Å². The van der Waals surface area contributed by atoms with Gasteiger partial charge in [-0.2, -0.15) is 0 Å². The number of hydrogen-bond acceptors (Lipinski definition) is 4. The molecule has 2 aromatic carbocycles. The number of hydrogen-bond donors (Lipinski definition) is 2. The molecule has 0 spiro atoms. The summed E-state index contributed by atoms with van der Waals surface area (Å²) in [6.07, 6.45) is 6.22. The molecule has 4 nitrogen and oxygen atoms in total. The van der Waals surface area contributed by atoms with E-state index < -0.39 is 28.3 Å². The van der Waals surface area contributed by atoms with Crippen molar-refractivity contribution in [3.63, 3.8) is 0 Å². The summed E-state index contributed by atoms with van der Waals surface area (Å²) in [4.78, 5) is 15.9. The second-order valence-corrected chi connectivity index (χ2v) is 12.0. The van der Waals surface area contributed by atoms with Gasteiger partial charge in [0.1, 0.15) is 11.7 Å². The van der Waals surface area contributed by atoms with Gasteiger partial charge in [0.2, 0.25) is 5.91 Å². The average Bonchev–Trinajstić information content (AvgIpc) is 3.16. The quantitative estimate of drug-likeness (QED) is 0.425. The zero-order valence-electron chi connectivity index (χ0n) is 19.2. The van der Waals surface area contributed by atoms with E-state index in [2.05, 4.69) is 38.4 Å². The van der Waals surface area contributed by atoms with Crippen molar-refractivity contribution in [3.05, 3.63) is 99.0 Å². The smallest absolute Gasteiger partial charge is 0.228 e. The average molecular weight is 605 g/mol. The summed E-state index contributed by atoms with van der Waals surface area (Å²) in [6.45, 7) is 6.27. The van der Waals surface area contributed by atoms with E-state index in [1.807, 2.05) is 73.7 Å². The predicted molar refractivity (Wildman–Crippen MR) is 144 cm³/mol. The van der Waals surface area contributed by atoms with Gasteiger partial charge in [0.25, 0.3) is 0 Å². The van der Waals surface area contributed by atoms with Crippen molar-refractivity contribution >= 4 is 49.5 Å².